The Balaban J connectivity index is 1.82. The molecule has 1 N–H and O–H groups in total. The van der Waals surface area contributed by atoms with Crippen molar-refractivity contribution in [2.24, 2.45) is 5.92 Å². The van der Waals surface area contributed by atoms with Crippen LogP contribution in [-0.4, -0.2) is 14.2 Å². The van der Waals surface area contributed by atoms with Gasteiger partial charge in [-0.05, 0) is 42.2 Å². The van der Waals surface area contributed by atoms with Crippen LogP contribution in [0.2, 0.25) is 5.02 Å². The van der Waals surface area contributed by atoms with E-state index in [0.29, 0.717) is 11.8 Å². The molecule has 2 aliphatic rings. The molecule has 2 aromatic rings. The van der Waals surface area contributed by atoms with Gasteiger partial charge in [0.2, 0.25) is 0 Å². The molecular weight excluding hydrogens is 322 g/mol. The molecule has 0 fully saturated rings. The third-order valence-electron chi connectivity index (χ3n) is 5.09. The van der Waals surface area contributed by atoms with E-state index in [-0.39, 0.29) is 6.04 Å². The van der Waals surface area contributed by atoms with Gasteiger partial charge in [-0.2, -0.15) is 0 Å². The van der Waals surface area contributed by atoms with Gasteiger partial charge in [0.15, 0.2) is 11.5 Å². The molecule has 1 aliphatic heterocycles. The molecular formula is C20H20ClNO2. The molecule has 1 aliphatic carbocycles. The van der Waals surface area contributed by atoms with E-state index in [1.54, 1.807) is 14.2 Å². The molecule has 0 aromatic heterocycles. The zero-order valence-corrected chi connectivity index (χ0v) is 14.5. The Hall–Kier alpha value is -2.13. The van der Waals surface area contributed by atoms with E-state index in [2.05, 4.69) is 35.7 Å². The number of hydrogen-bond donors (Lipinski definition) is 1. The van der Waals surface area contributed by atoms with Crippen molar-refractivity contribution >= 4 is 17.3 Å². The van der Waals surface area contributed by atoms with Crippen molar-refractivity contribution in [1.82, 2.24) is 0 Å². The number of nitrogens with one attached hydrogen (secondary N) is 1. The minimum Gasteiger partial charge on any atom is -0.493 e. The molecule has 124 valence electrons. The molecule has 0 bridgehead atoms. The Labute approximate surface area is 147 Å². The van der Waals surface area contributed by atoms with Crippen LogP contribution in [0, 0.1) is 5.92 Å². The molecule has 2 aromatic carbocycles. The summed E-state index contributed by atoms with van der Waals surface area (Å²) in [5.74, 6) is 2.39. The number of methoxy groups -OCH3 is 2. The van der Waals surface area contributed by atoms with E-state index < -0.39 is 0 Å². The van der Waals surface area contributed by atoms with Crippen molar-refractivity contribution in [3.8, 4) is 11.5 Å². The Bertz CT molecular complexity index is 802. The molecule has 0 amide bonds. The van der Waals surface area contributed by atoms with Crippen LogP contribution in [-0.2, 0) is 0 Å². The first-order chi connectivity index (χ1) is 11.7. The highest BCUT2D eigenvalue weighted by molar-refractivity contribution is 6.30. The smallest absolute Gasteiger partial charge is 0.165 e. The van der Waals surface area contributed by atoms with E-state index in [1.807, 2.05) is 18.2 Å². The fourth-order valence-electron chi connectivity index (χ4n) is 4.03. The third-order valence-corrected chi connectivity index (χ3v) is 5.33. The average Bonchev–Trinajstić information content (AvgIpc) is 3.10. The van der Waals surface area contributed by atoms with Gasteiger partial charge >= 0.3 is 0 Å². The number of para-hydroxylation sites is 1. The van der Waals surface area contributed by atoms with Crippen molar-refractivity contribution in [2.75, 3.05) is 19.5 Å². The normalized spacial score (nSPS) is 24.0. The molecule has 4 rings (SSSR count). The lowest BCUT2D eigenvalue weighted by Crippen LogP contribution is -2.29. The molecule has 0 saturated heterocycles. The lowest BCUT2D eigenvalue weighted by atomic mass is 9.77. The van der Waals surface area contributed by atoms with Gasteiger partial charge < -0.3 is 14.8 Å². The van der Waals surface area contributed by atoms with Crippen LogP contribution in [0.3, 0.4) is 0 Å². The number of anilines is 1. The van der Waals surface area contributed by atoms with Gasteiger partial charge in [0.1, 0.15) is 0 Å². The van der Waals surface area contributed by atoms with Crippen LogP contribution in [0.5, 0.6) is 11.5 Å². The van der Waals surface area contributed by atoms with Crippen LogP contribution in [0.15, 0.2) is 48.6 Å². The summed E-state index contributed by atoms with van der Waals surface area (Å²) in [5, 5.41) is 4.49. The first kappa shape index (κ1) is 15.4. The number of halogens is 1. The highest BCUT2D eigenvalue weighted by Crippen LogP contribution is 2.52. The van der Waals surface area contributed by atoms with Crippen molar-refractivity contribution in [1.29, 1.82) is 0 Å². The van der Waals surface area contributed by atoms with Crippen molar-refractivity contribution in [2.45, 2.75) is 18.4 Å². The molecule has 4 heteroatoms. The molecule has 3 nitrogen and oxygen atoms in total. The van der Waals surface area contributed by atoms with Crippen LogP contribution in [0.4, 0.5) is 5.69 Å². The molecule has 0 saturated carbocycles. The fourth-order valence-corrected chi connectivity index (χ4v) is 4.21. The van der Waals surface area contributed by atoms with E-state index in [0.717, 1.165) is 34.2 Å². The highest BCUT2D eigenvalue weighted by atomic mass is 35.5. The van der Waals surface area contributed by atoms with Gasteiger partial charge in [-0.15, -0.1) is 0 Å². The second-order valence-corrected chi connectivity index (χ2v) is 6.73. The maximum absolute atomic E-state index is 6.22. The SMILES string of the molecule is COc1cccc([C@@H]2Nc3ccc(Cl)cc3[C@H]3C=CC[C@@H]32)c1OC. The minimum atomic E-state index is 0.170. The largest absolute Gasteiger partial charge is 0.493 e. The summed E-state index contributed by atoms with van der Waals surface area (Å²) < 4.78 is 11.1. The van der Waals surface area contributed by atoms with E-state index in [1.165, 1.54) is 5.56 Å². The lowest BCUT2D eigenvalue weighted by molar-refractivity contribution is 0.341. The summed E-state index contributed by atoms with van der Waals surface area (Å²) in [5.41, 5.74) is 3.55. The number of rotatable bonds is 3. The number of benzene rings is 2. The molecule has 24 heavy (non-hydrogen) atoms. The van der Waals surface area contributed by atoms with Gasteiger partial charge in [0.25, 0.3) is 0 Å². The van der Waals surface area contributed by atoms with E-state index in [4.69, 9.17) is 21.1 Å². The van der Waals surface area contributed by atoms with Crippen molar-refractivity contribution in [3.05, 3.63) is 64.7 Å². The van der Waals surface area contributed by atoms with Crippen LogP contribution in [0.1, 0.15) is 29.5 Å². The Kier molecular flexibility index (Phi) is 3.89. The first-order valence-electron chi connectivity index (χ1n) is 8.16. The predicted octanol–water partition coefficient (Wildman–Crippen LogP) is 5.18. The summed E-state index contributed by atoms with van der Waals surface area (Å²) in [6.45, 7) is 0. The average molecular weight is 342 g/mol. The zero-order chi connectivity index (χ0) is 16.7. The summed E-state index contributed by atoms with van der Waals surface area (Å²) in [7, 11) is 3.37. The van der Waals surface area contributed by atoms with Gasteiger partial charge in [-0.1, -0.05) is 35.9 Å². The zero-order valence-electron chi connectivity index (χ0n) is 13.8. The van der Waals surface area contributed by atoms with Crippen LogP contribution < -0.4 is 14.8 Å². The third kappa shape index (κ3) is 2.35. The molecule has 0 spiro atoms. The van der Waals surface area contributed by atoms with Gasteiger partial charge in [-0.25, -0.2) is 0 Å². The van der Waals surface area contributed by atoms with Crippen LogP contribution >= 0.6 is 11.6 Å². The van der Waals surface area contributed by atoms with Crippen LogP contribution in [0.25, 0.3) is 0 Å². The molecule has 1 heterocycles. The maximum atomic E-state index is 6.22. The van der Waals surface area contributed by atoms with E-state index in [9.17, 15) is 0 Å². The summed E-state index contributed by atoms with van der Waals surface area (Å²) in [4.78, 5) is 0. The lowest BCUT2D eigenvalue weighted by Gasteiger charge is -2.38. The van der Waals surface area contributed by atoms with Gasteiger partial charge in [0.05, 0.1) is 20.3 Å². The maximum Gasteiger partial charge on any atom is 0.165 e. The minimum absolute atomic E-state index is 0.170. The quantitative estimate of drug-likeness (QED) is 0.780. The Morgan fingerprint density at radius 3 is 2.75 bits per heavy atom. The van der Waals surface area contributed by atoms with Crippen molar-refractivity contribution < 1.29 is 9.47 Å². The topological polar surface area (TPSA) is 30.5 Å². The first-order valence-corrected chi connectivity index (χ1v) is 8.54. The predicted molar refractivity (Wildman–Crippen MR) is 97.3 cm³/mol. The number of fused-ring (bicyclic) bond motifs is 3. The highest BCUT2D eigenvalue weighted by Gasteiger charge is 2.39. The summed E-state index contributed by atoms with van der Waals surface area (Å²) >= 11 is 6.22. The number of ether oxygens (including phenoxy) is 2. The Morgan fingerprint density at radius 1 is 1.08 bits per heavy atom. The fraction of sp³-hybridized carbons (Fsp3) is 0.300. The molecule has 0 unspecified atom stereocenters. The summed E-state index contributed by atoms with van der Waals surface area (Å²) in [6, 6.07) is 12.3. The number of allylic oxidation sites excluding steroid dienone is 2. The Morgan fingerprint density at radius 2 is 1.96 bits per heavy atom. The van der Waals surface area contributed by atoms with Gasteiger partial charge in [-0.3, -0.25) is 0 Å². The molecule has 0 radical (unpaired) electrons. The second kappa shape index (κ2) is 6.06. The standard InChI is InChI=1S/C20H20ClNO2/c1-23-18-8-4-7-15(20(18)24-2)19-14-6-3-5-13(14)16-11-12(21)9-10-17(16)22-19/h3-5,7-11,13-14,19,22H,6H2,1-2H3/t13-,14-,19+/m0/s1. The van der Waals surface area contributed by atoms with E-state index >= 15 is 0 Å². The molecule has 3 atom stereocenters. The van der Waals surface area contributed by atoms with Crippen molar-refractivity contribution in [3.63, 3.8) is 0 Å². The van der Waals surface area contributed by atoms with Gasteiger partial charge in [0, 0.05) is 22.2 Å². The monoisotopic (exact) mass is 341 g/mol. The second-order valence-electron chi connectivity index (χ2n) is 6.29. The number of hydrogen-bond acceptors (Lipinski definition) is 3. The summed E-state index contributed by atoms with van der Waals surface area (Å²) in [6.07, 6.45) is 5.61.